The summed E-state index contributed by atoms with van der Waals surface area (Å²) in [6.45, 7) is 6.64. The van der Waals surface area contributed by atoms with Crippen LogP contribution in [0.5, 0.6) is 0 Å². The highest BCUT2D eigenvalue weighted by molar-refractivity contribution is 7.98. The molecular formula is C19H19N5O2S. The summed E-state index contributed by atoms with van der Waals surface area (Å²) < 4.78 is 7.80. The van der Waals surface area contributed by atoms with Crippen LogP contribution in [-0.2, 0) is 12.3 Å². The number of nitrogens with one attached hydrogen (secondary N) is 1. The summed E-state index contributed by atoms with van der Waals surface area (Å²) in [6.07, 6.45) is 1.41. The first-order valence-electron chi connectivity index (χ1n) is 8.67. The lowest BCUT2D eigenvalue weighted by molar-refractivity contribution is 0.540. The molecule has 1 N–H and O–H groups in total. The number of aromatic nitrogens is 5. The SMILES string of the molecule is CCn1c(SCc2nc(-c3cccc(C)c3)oc2C)nc2c(=O)[nH]cnc21. The number of hydrogen-bond acceptors (Lipinski definition) is 6. The predicted molar refractivity (Wildman–Crippen MR) is 105 cm³/mol. The Balaban J connectivity index is 1.62. The molecule has 0 radical (unpaired) electrons. The van der Waals surface area contributed by atoms with E-state index in [-0.39, 0.29) is 5.56 Å². The summed E-state index contributed by atoms with van der Waals surface area (Å²) in [5.41, 5.74) is 3.72. The molecule has 0 amide bonds. The molecule has 0 unspecified atom stereocenters. The van der Waals surface area contributed by atoms with Gasteiger partial charge >= 0.3 is 0 Å². The quantitative estimate of drug-likeness (QED) is 0.530. The Hall–Kier alpha value is -2.87. The fraction of sp³-hybridized carbons (Fsp3) is 0.263. The summed E-state index contributed by atoms with van der Waals surface area (Å²) in [4.78, 5) is 27.9. The number of H-pyrrole nitrogens is 1. The van der Waals surface area contributed by atoms with E-state index in [1.54, 1.807) is 0 Å². The number of imidazole rings is 1. The highest BCUT2D eigenvalue weighted by Crippen LogP contribution is 2.28. The fourth-order valence-corrected chi connectivity index (χ4v) is 3.98. The maximum atomic E-state index is 12.0. The van der Waals surface area contributed by atoms with Crippen LogP contribution in [0.15, 0.2) is 45.0 Å². The topological polar surface area (TPSA) is 89.6 Å². The van der Waals surface area contributed by atoms with Gasteiger partial charge in [-0.2, -0.15) is 0 Å². The van der Waals surface area contributed by atoms with Crippen LogP contribution >= 0.6 is 11.8 Å². The van der Waals surface area contributed by atoms with Gasteiger partial charge in [0.1, 0.15) is 5.76 Å². The molecule has 3 aromatic heterocycles. The number of hydrogen-bond donors (Lipinski definition) is 1. The van der Waals surface area contributed by atoms with Crippen molar-refractivity contribution in [2.45, 2.75) is 38.2 Å². The van der Waals surface area contributed by atoms with Crippen LogP contribution in [0.25, 0.3) is 22.6 Å². The smallest absolute Gasteiger partial charge is 0.278 e. The molecule has 4 aromatic rings. The summed E-state index contributed by atoms with van der Waals surface area (Å²) >= 11 is 1.52. The lowest BCUT2D eigenvalue weighted by atomic mass is 10.1. The zero-order valence-electron chi connectivity index (χ0n) is 15.3. The number of thioether (sulfide) groups is 1. The van der Waals surface area contributed by atoms with Crippen molar-refractivity contribution in [3.8, 4) is 11.5 Å². The third-order valence-electron chi connectivity index (χ3n) is 4.32. The molecule has 0 bridgehead atoms. The van der Waals surface area contributed by atoms with Gasteiger partial charge in [0, 0.05) is 17.9 Å². The van der Waals surface area contributed by atoms with E-state index in [4.69, 9.17) is 4.42 Å². The lowest BCUT2D eigenvalue weighted by Crippen LogP contribution is -2.07. The van der Waals surface area contributed by atoms with E-state index in [0.717, 1.165) is 27.7 Å². The van der Waals surface area contributed by atoms with E-state index in [1.165, 1.54) is 18.1 Å². The molecule has 4 rings (SSSR count). The average Bonchev–Trinajstić information content (AvgIpc) is 3.21. The van der Waals surface area contributed by atoms with Crippen molar-refractivity contribution in [3.63, 3.8) is 0 Å². The molecule has 27 heavy (non-hydrogen) atoms. The molecule has 0 aliphatic rings. The molecule has 0 saturated heterocycles. The van der Waals surface area contributed by atoms with Crippen LogP contribution in [0.2, 0.25) is 0 Å². The van der Waals surface area contributed by atoms with Crippen LogP contribution in [-0.4, -0.2) is 24.5 Å². The third kappa shape index (κ3) is 3.28. The van der Waals surface area contributed by atoms with Gasteiger partial charge in [-0.25, -0.2) is 15.0 Å². The maximum Gasteiger partial charge on any atom is 0.278 e. The van der Waals surface area contributed by atoms with E-state index in [1.807, 2.05) is 43.5 Å². The van der Waals surface area contributed by atoms with E-state index >= 15 is 0 Å². The second-order valence-electron chi connectivity index (χ2n) is 6.22. The molecule has 0 atom stereocenters. The van der Waals surface area contributed by atoms with Crippen molar-refractivity contribution < 1.29 is 4.42 Å². The number of nitrogens with zero attached hydrogens (tertiary/aromatic N) is 4. The minimum absolute atomic E-state index is 0.228. The van der Waals surface area contributed by atoms with Crippen LogP contribution in [0.4, 0.5) is 0 Å². The minimum atomic E-state index is -0.228. The number of aryl methyl sites for hydroxylation is 3. The number of aromatic amines is 1. The highest BCUT2D eigenvalue weighted by Gasteiger charge is 2.16. The number of oxazole rings is 1. The van der Waals surface area contributed by atoms with Gasteiger partial charge in [0.05, 0.1) is 12.0 Å². The fourth-order valence-electron chi connectivity index (χ4n) is 2.92. The Morgan fingerprint density at radius 3 is 2.89 bits per heavy atom. The van der Waals surface area contributed by atoms with Gasteiger partial charge < -0.3 is 14.0 Å². The lowest BCUT2D eigenvalue weighted by Gasteiger charge is -2.03. The van der Waals surface area contributed by atoms with Gasteiger partial charge in [0.15, 0.2) is 16.3 Å². The van der Waals surface area contributed by atoms with Gasteiger partial charge in [0.2, 0.25) is 5.89 Å². The molecule has 0 saturated carbocycles. The van der Waals surface area contributed by atoms with E-state index < -0.39 is 0 Å². The maximum absolute atomic E-state index is 12.0. The van der Waals surface area contributed by atoms with Crippen LogP contribution < -0.4 is 5.56 Å². The number of rotatable bonds is 5. The molecule has 138 valence electrons. The summed E-state index contributed by atoms with van der Waals surface area (Å²) in [6, 6.07) is 8.08. The van der Waals surface area contributed by atoms with E-state index in [9.17, 15) is 4.79 Å². The Labute approximate surface area is 159 Å². The van der Waals surface area contributed by atoms with Gasteiger partial charge in [-0.05, 0) is 32.9 Å². The van der Waals surface area contributed by atoms with Crippen LogP contribution in [0.1, 0.15) is 23.9 Å². The Kier molecular flexibility index (Phi) is 4.57. The minimum Gasteiger partial charge on any atom is -0.441 e. The zero-order valence-corrected chi connectivity index (χ0v) is 16.1. The molecule has 8 heteroatoms. The summed E-state index contributed by atoms with van der Waals surface area (Å²) in [5, 5.41) is 0.746. The van der Waals surface area contributed by atoms with Crippen molar-refractivity contribution in [1.29, 1.82) is 0 Å². The van der Waals surface area contributed by atoms with Crippen molar-refractivity contribution >= 4 is 22.9 Å². The molecule has 3 heterocycles. The van der Waals surface area contributed by atoms with Gasteiger partial charge in [-0.1, -0.05) is 29.5 Å². The van der Waals surface area contributed by atoms with Crippen molar-refractivity contribution in [2.24, 2.45) is 0 Å². The zero-order chi connectivity index (χ0) is 19.0. The monoisotopic (exact) mass is 381 g/mol. The van der Waals surface area contributed by atoms with E-state index in [0.29, 0.717) is 29.4 Å². The first kappa shape index (κ1) is 17.5. The largest absolute Gasteiger partial charge is 0.441 e. The second-order valence-corrected chi connectivity index (χ2v) is 7.17. The molecule has 0 aliphatic heterocycles. The van der Waals surface area contributed by atoms with Gasteiger partial charge in [-0.3, -0.25) is 4.79 Å². The number of benzene rings is 1. The van der Waals surface area contributed by atoms with Crippen LogP contribution in [0.3, 0.4) is 0 Å². The second kappa shape index (κ2) is 7.03. The summed E-state index contributed by atoms with van der Waals surface area (Å²) in [7, 11) is 0. The molecule has 0 aliphatic carbocycles. The van der Waals surface area contributed by atoms with Gasteiger partial charge in [-0.15, -0.1) is 0 Å². The highest BCUT2D eigenvalue weighted by atomic mass is 32.2. The number of fused-ring (bicyclic) bond motifs is 1. The van der Waals surface area contributed by atoms with Crippen LogP contribution in [0, 0.1) is 13.8 Å². The first-order chi connectivity index (χ1) is 13.1. The first-order valence-corrected chi connectivity index (χ1v) is 9.65. The Bertz CT molecular complexity index is 1170. The van der Waals surface area contributed by atoms with Gasteiger partial charge in [0.25, 0.3) is 5.56 Å². The Morgan fingerprint density at radius 2 is 2.11 bits per heavy atom. The Morgan fingerprint density at radius 1 is 1.26 bits per heavy atom. The molecule has 0 spiro atoms. The standard InChI is InChI=1S/C19H19N5O2S/c1-4-24-16-15(17(25)21-10-20-16)23-19(24)27-9-14-12(3)26-18(22-14)13-7-5-6-11(2)8-13/h5-8,10H,4,9H2,1-3H3,(H,20,21,25). The normalized spacial score (nSPS) is 11.4. The molecule has 7 nitrogen and oxygen atoms in total. The van der Waals surface area contributed by atoms with Crippen molar-refractivity contribution in [3.05, 3.63) is 58.0 Å². The van der Waals surface area contributed by atoms with E-state index in [2.05, 4.69) is 26.0 Å². The summed E-state index contributed by atoms with van der Waals surface area (Å²) in [5.74, 6) is 2.01. The van der Waals surface area contributed by atoms with Crippen molar-refractivity contribution in [2.75, 3.05) is 0 Å². The van der Waals surface area contributed by atoms with Crippen molar-refractivity contribution in [1.82, 2.24) is 24.5 Å². The molecule has 0 fully saturated rings. The third-order valence-corrected chi connectivity index (χ3v) is 5.30. The average molecular weight is 381 g/mol. The molecular weight excluding hydrogens is 362 g/mol. The molecule has 1 aromatic carbocycles. The predicted octanol–water partition coefficient (Wildman–Crippen LogP) is 3.70.